The quantitative estimate of drug-likeness (QED) is 0.297. The number of nitro benzene ring substituents is 1. The van der Waals surface area contributed by atoms with Gasteiger partial charge in [0.15, 0.2) is 0 Å². The number of nitro groups is 1. The summed E-state index contributed by atoms with van der Waals surface area (Å²) in [6.45, 7) is 0. The summed E-state index contributed by atoms with van der Waals surface area (Å²) in [4.78, 5) is 32.9. The fourth-order valence-electron chi connectivity index (χ4n) is 1.84. The third-order valence-electron chi connectivity index (χ3n) is 2.93. The first-order valence-electron chi connectivity index (χ1n) is 6.60. The lowest BCUT2D eigenvalue weighted by Gasteiger charge is -2.02. The van der Waals surface area contributed by atoms with Crippen molar-refractivity contribution in [3.05, 3.63) is 75.6 Å². The number of nitrogens with two attached hydrogens (primary N) is 1. The van der Waals surface area contributed by atoms with Crippen LogP contribution < -0.4 is 10.5 Å². The van der Waals surface area contributed by atoms with Gasteiger partial charge in [-0.05, 0) is 36.4 Å². The fraction of sp³-hybridized carbons (Fsp3) is 0. The lowest BCUT2D eigenvalue weighted by Crippen LogP contribution is -2.11. The number of ether oxygens (including phenoxy) is 1. The van der Waals surface area contributed by atoms with E-state index < -0.39 is 28.3 Å². The number of esters is 1. The number of carbonyl (C=O) groups is 2. The van der Waals surface area contributed by atoms with Gasteiger partial charge in [0, 0.05) is 11.6 Å². The Bertz CT molecular complexity index is 848. The van der Waals surface area contributed by atoms with E-state index in [1.54, 1.807) is 0 Å². The fourth-order valence-corrected chi connectivity index (χ4v) is 1.84. The SMILES string of the molecule is NC(=O)c1cccc(OC(=O)C=Cc2ccc(F)cc2[N+](=O)[O-])c1. The Labute approximate surface area is 135 Å². The first kappa shape index (κ1) is 16.8. The molecule has 7 nitrogen and oxygen atoms in total. The second-order valence-electron chi connectivity index (χ2n) is 4.61. The first-order valence-corrected chi connectivity index (χ1v) is 6.60. The van der Waals surface area contributed by atoms with Crippen LogP contribution in [0.25, 0.3) is 6.08 Å². The smallest absolute Gasteiger partial charge is 0.336 e. The summed E-state index contributed by atoms with van der Waals surface area (Å²) in [7, 11) is 0. The highest BCUT2D eigenvalue weighted by atomic mass is 19.1. The maximum atomic E-state index is 13.0. The van der Waals surface area contributed by atoms with Gasteiger partial charge in [-0.3, -0.25) is 14.9 Å². The second-order valence-corrected chi connectivity index (χ2v) is 4.61. The lowest BCUT2D eigenvalue weighted by molar-refractivity contribution is -0.385. The van der Waals surface area contributed by atoms with Gasteiger partial charge in [0.05, 0.1) is 16.6 Å². The average Bonchev–Trinajstić information content (AvgIpc) is 2.53. The number of hydrogen-bond acceptors (Lipinski definition) is 5. The summed E-state index contributed by atoms with van der Waals surface area (Å²) >= 11 is 0. The van der Waals surface area contributed by atoms with Crippen molar-refractivity contribution in [1.82, 2.24) is 0 Å². The third kappa shape index (κ3) is 4.23. The topological polar surface area (TPSA) is 113 Å². The predicted molar refractivity (Wildman–Crippen MR) is 82.7 cm³/mol. The molecule has 1 amide bonds. The number of primary amides is 1. The molecule has 0 radical (unpaired) electrons. The molecule has 0 aliphatic rings. The van der Waals surface area contributed by atoms with Crippen molar-refractivity contribution in [1.29, 1.82) is 0 Å². The van der Waals surface area contributed by atoms with E-state index in [0.29, 0.717) is 0 Å². The number of halogens is 1. The molecule has 8 heteroatoms. The minimum Gasteiger partial charge on any atom is -0.423 e. The Kier molecular flexibility index (Phi) is 5.00. The van der Waals surface area contributed by atoms with E-state index in [1.807, 2.05) is 0 Å². The standard InChI is InChI=1S/C16H11FN2O5/c17-12-6-4-10(14(9-12)19(22)23)5-7-15(20)24-13-3-1-2-11(8-13)16(18)21/h1-9H,(H2,18,21). The number of amides is 1. The van der Waals surface area contributed by atoms with Crippen molar-refractivity contribution in [2.24, 2.45) is 5.73 Å². The van der Waals surface area contributed by atoms with Crippen molar-refractivity contribution in [2.45, 2.75) is 0 Å². The maximum absolute atomic E-state index is 13.0. The average molecular weight is 330 g/mol. The number of rotatable bonds is 5. The highest BCUT2D eigenvalue weighted by molar-refractivity contribution is 5.94. The number of benzene rings is 2. The Morgan fingerprint density at radius 3 is 2.62 bits per heavy atom. The molecular formula is C16H11FN2O5. The van der Waals surface area contributed by atoms with Gasteiger partial charge in [-0.1, -0.05) is 6.07 Å². The molecule has 0 aromatic heterocycles. The Morgan fingerprint density at radius 2 is 1.96 bits per heavy atom. The van der Waals surface area contributed by atoms with Crippen LogP contribution in [0.5, 0.6) is 5.75 Å². The molecule has 0 atom stereocenters. The van der Waals surface area contributed by atoms with Crippen LogP contribution in [-0.2, 0) is 4.79 Å². The van der Waals surface area contributed by atoms with Crippen LogP contribution in [-0.4, -0.2) is 16.8 Å². The van der Waals surface area contributed by atoms with Gasteiger partial charge < -0.3 is 10.5 Å². The molecule has 2 aromatic carbocycles. The molecule has 24 heavy (non-hydrogen) atoms. The van der Waals surface area contributed by atoms with Crippen molar-refractivity contribution >= 4 is 23.6 Å². The summed E-state index contributed by atoms with van der Waals surface area (Å²) in [5.41, 5.74) is 4.85. The van der Waals surface area contributed by atoms with Gasteiger partial charge >= 0.3 is 5.97 Å². The van der Waals surface area contributed by atoms with Crippen molar-refractivity contribution in [2.75, 3.05) is 0 Å². The molecule has 0 unspecified atom stereocenters. The van der Waals surface area contributed by atoms with E-state index in [-0.39, 0.29) is 16.9 Å². The molecule has 2 rings (SSSR count). The van der Waals surface area contributed by atoms with Crippen molar-refractivity contribution in [3.63, 3.8) is 0 Å². The summed E-state index contributed by atoms with van der Waals surface area (Å²) in [6, 6.07) is 8.63. The van der Waals surface area contributed by atoms with E-state index in [1.165, 1.54) is 30.3 Å². The summed E-state index contributed by atoms with van der Waals surface area (Å²) in [6.07, 6.45) is 2.09. The zero-order valence-corrected chi connectivity index (χ0v) is 12.1. The van der Waals surface area contributed by atoms with E-state index >= 15 is 0 Å². The molecule has 0 saturated heterocycles. The van der Waals surface area contributed by atoms with E-state index in [9.17, 15) is 24.1 Å². The van der Waals surface area contributed by atoms with Gasteiger partial charge in [0.25, 0.3) is 5.69 Å². The zero-order valence-electron chi connectivity index (χ0n) is 12.1. The Hall–Kier alpha value is -3.55. The van der Waals surface area contributed by atoms with Crippen LogP contribution in [0.4, 0.5) is 10.1 Å². The minimum atomic E-state index is -0.824. The predicted octanol–water partition coefficient (Wildman–Crippen LogP) is 2.45. The number of nitrogens with zero attached hydrogens (tertiary/aromatic N) is 1. The molecule has 0 fully saturated rings. The van der Waals surface area contributed by atoms with E-state index in [4.69, 9.17) is 10.5 Å². The second kappa shape index (κ2) is 7.14. The molecule has 0 saturated carbocycles. The molecule has 122 valence electrons. The highest BCUT2D eigenvalue weighted by Gasteiger charge is 2.13. The molecule has 0 aliphatic carbocycles. The number of hydrogen-bond donors (Lipinski definition) is 1. The van der Waals surface area contributed by atoms with Crippen molar-refractivity contribution in [3.8, 4) is 5.75 Å². The van der Waals surface area contributed by atoms with Crippen LogP contribution in [0.1, 0.15) is 15.9 Å². The van der Waals surface area contributed by atoms with Crippen LogP contribution in [0.15, 0.2) is 48.5 Å². The minimum absolute atomic E-state index is 0.0456. The van der Waals surface area contributed by atoms with Gasteiger partial charge in [-0.2, -0.15) is 0 Å². The van der Waals surface area contributed by atoms with Crippen LogP contribution in [0.2, 0.25) is 0 Å². The molecule has 0 spiro atoms. The Morgan fingerprint density at radius 1 is 1.21 bits per heavy atom. The third-order valence-corrected chi connectivity index (χ3v) is 2.93. The monoisotopic (exact) mass is 330 g/mol. The van der Waals surface area contributed by atoms with Crippen LogP contribution >= 0.6 is 0 Å². The first-order chi connectivity index (χ1) is 11.4. The van der Waals surface area contributed by atoms with Gasteiger partial charge in [0.2, 0.25) is 5.91 Å². The highest BCUT2D eigenvalue weighted by Crippen LogP contribution is 2.21. The van der Waals surface area contributed by atoms with Crippen molar-refractivity contribution < 1.29 is 23.6 Å². The molecule has 2 aromatic rings. The summed E-state index contributed by atoms with van der Waals surface area (Å²) < 4.78 is 18.0. The van der Waals surface area contributed by atoms with Gasteiger partial charge in [-0.15, -0.1) is 0 Å². The lowest BCUT2D eigenvalue weighted by atomic mass is 10.1. The van der Waals surface area contributed by atoms with Crippen LogP contribution in [0.3, 0.4) is 0 Å². The number of carbonyl (C=O) groups excluding carboxylic acids is 2. The van der Waals surface area contributed by atoms with Gasteiger partial charge in [0.1, 0.15) is 11.6 Å². The van der Waals surface area contributed by atoms with E-state index in [0.717, 1.165) is 24.3 Å². The summed E-state index contributed by atoms with van der Waals surface area (Å²) in [5, 5.41) is 10.9. The molecule has 2 N–H and O–H groups in total. The van der Waals surface area contributed by atoms with Crippen LogP contribution in [0, 0.1) is 15.9 Å². The largest absolute Gasteiger partial charge is 0.423 e. The molecule has 0 heterocycles. The van der Waals surface area contributed by atoms with E-state index in [2.05, 4.69) is 0 Å². The zero-order chi connectivity index (χ0) is 17.7. The molecule has 0 aliphatic heterocycles. The summed E-state index contributed by atoms with van der Waals surface area (Å²) in [5.74, 6) is -2.17. The molecule has 0 bridgehead atoms. The van der Waals surface area contributed by atoms with Gasteiger partial charge in [-0.25, -0.2) is 9.18 Å². The molecular weight excluding hydrogens is 319 g/mol. The maximum Gasteiger partial charge on any atom is 0.336 e. The normalized spacial score (nSPS) is 10.5. The Balaban J connectivity index is 2.15.